The van der Waals surface area contributed by atoms with Gasteiger partial charge in [0.1, 0.15) is 18.1 Å². The summed E-state index contributed by atoms with van der Waals surface area (Å²) in [6.45, 7) is 3.23. The molecule has 0 spiro atoms. The van der Waals surface area contributed by atoms with Crippen LogP contribution in [0.2, 0.25) is 0 Å². The molecule has 0 aromatic carbocycles. The highest BCUT2D eigenvalue weighted by Crippen LogP contribution is 2.07. The average Bonchev–Trinajstić information content (AvgIpc) is 2.70. The second-order valence-electron chi connectivity index (χ2n) is 7.68. The molecule has 0 saturated carbocycles. The van der Waals surface area contributed by atoms with Crippen molar-refractivity contribution in [2.24, 2.45) is 17.4 Å². The lowest BCUT2D eigenvalue weighted by Gasteiger charge is -2.25. The molecule has 0 aromatic rings. The van der Waals surface area contributed by atoms with Crippen LogP contribution in [0.1, 0.15) is 39.5 Å². The molecule has 33 heavy (non-hydrogen) atoms. The zero-order valence-electron chi connectivity index (χ0n) is 18.8. The highest BCUT2D eigenvalue weighted by Gasteiger charge is 2.31. The van der Waals surface area contributed by atoms with Gasteiger partial charge in [-0.05, 0) is 30.8 Å². The first-order chi connectivity index (χ1) is 15.3. The van der Waals surface area contributed by atoms with Gasteiger partial charge in [0.25, 0.3) is 0 Å². The van der Waals surface area contributed by atoms with Crippen LogP contribution in [0.4, 0.5) is 0 Å². The summed E-state index contributed by atoms with van der Waals surface area (Å²) >= 11 is 1.40. The van der Waals surface area contributed by atoms with Gasteiger partial charge >= 0.3 is 11.9 Å². The number of carboxylic acid groups (broad SMARTS) is 2. The minimum absolute atomic E-state index is 0.165. The predicted octanol–water partition coefficient (Wildman–Crippen LogP) is -2.00. The summed E-state index contributed by atoms with van der Waals surface area (Å²) in [5, 5.41) is 25.2. The first-order valence-electron chi connectivity index (χ1n) is 10.2. The molecule has 0 saturated heterocycles. The fraction of sp³-hybridized carbons (Fsp3) is 0.684. The Morgan fingerprint density at radius 3 is 1.85 bits per heavy atom. The zero-order valence-corrected chi connectivity index (χ0v) is 19.6. The lowest BCUT2D eigenvalue weighted by molar-refractivity contribution is -0.143. The van der Waals surface area contributed by atoms with Gasteiger partial charge in [0.05, 0.1) is 12.5 Å². The molecule has 188 valence electrons. The number of thioether (sulfide) groups is 1. The summed E-state index contributed by atoms with van der Waals surface area (Å²) in [4.78, 5) is 71.0. The number of aliphatic carboxylic acids is 2. The highest BCUT2D eigenvalue weighted by molar-refractivity contribution is 7.98. The largest absolute Gasteiger partial charge is 0.481 e. The third kappa shape index (κ3) is 12.1. The third-order valence-corrected chi connectivity index (χ3v) is 5.16. The number of amides is 4. The molecule has 0 radical (unpaired) electrons. The summed E-state index contributed by atoms with van der Waals surface area (Å²) in [5.41, 5.74) is 10.6. The first kappa shape index (κ1) is 30.1. The van der Waals surface area contributed by atoms with E-state index in [0.29, 0.717) is 5.75 Å². The topological polar surface area (TPSA) is 231 Å². The minimum atomic E-state index is -1.44. The molecule has 4 amide bonds. The van der Waals surface area contributed by atoms with Gasteiger partial charge in [0.2, 0.25) is 23.6 Å². The Hall–Kier alpha value is -2.87. The second-order valence-corrected chi connectivity index (χ2v) is 8.67. The van der Waals surface area contributed by atoms with Crippen LogP contribution in [0.25, 0.3) is 0 Å². The number of primary amides is 1. The molecule has 13 nitrogen and oxygen atoms in total. The SMILES string of the molecule is CSCCC(NC(=O)C(CCC(N)=O)NC(=O)C(N)CC(=O)O)C(=O)NC(C(=O)O)C(C)C. The lowest BCUT2D eigenvalue weighted by Crippen LogP contribution is -2.58. The van der Waals surface area contributed by atoms with Gasteiger partial charge in [-0.3, -0.25) is 24.0 Å². The van der Waals surface area contributed by atoms with Crippen molar-refractivity contribution >= 4 is 47.3 Å². The van der Waals surface area contributed by atoms with Crippen molar-refractivity contribution in [3.8, 4) is 0 Å². The summed E-state index contributed by atoms with van der Waals surface area (Å²) in [7, 11) is 0. The fourth-order valence-electron chi connectivity index (χ4n) is 2.66. The number of hydrogen-bond donors (Lipinski definition) is 7. The van der Waals surface area contributed by atoms with Crippen molar-refractivity contribution in [1.29, 1.82) is 0 Å². The number of carbonyl (C=O) groups excluding carboxylic acids is 4. The Balaban J connectivity index is 5.52. The molecule has 9 N–H and O–H groups in total. The maximum absolute atomic E-state index is 12.8. The molecule has 0 rings (SSSR count). The lowest BCUT2D eigenvalue weighted by atomic mass is 10.0. The Bertz CT molecular complexity index is 733. The van der Waals surface area contributed by atoms with Gasteiger partial charge in [-0.25, -0.2) is 4.79 Å². The van der Waals surface area contributed by atoms with Crippen LogP contribution in [0.5, 0.6) is 0 Å². The molecule has 0 heterocycles. The van der Waals surface area contributed by atoms with Crippen molar-refractivity contribution in [2.45, 2.75) is 63.7 Å². The van der Waals surface area contributed by atoms with Gasteiger partial charge in [0.15, 0.2) is 0 Å². The van der Waals surface area contributed by atoms with Crippen molar-refractivity contribution in [1.82, 2.24) is 16.0 Å². The van der Waals surface area contributed by atoms with Gasteiger partial charge in [-0.1, -0.05) is 13.8 Å². The second kappa shape index (κ2) is 15.1. The summed E-state index contributed by atoms with van der Waals surface area (Å²) < 4.78 is 0. The molecular weight excluding hydrogens is 458 g/mol. The van der Waals surface area contributed by atoms with Crippen LogP contribution in [0.15, 0.2) is 0 Å². The number of carboxylic acids is 2. The van der Waals surface area contributed by atoms with E-state index in [9.17, 15) is 33.9 Å². The van der Waals surface area contributed by atoms with Gasteiger partial charge in [-0.15, -0.1) is 0 Å². The minimum Gasteiger partial charge on any atom is -0.481 e. The van der Waals surface area contributed by atoms with Gasteiger partial charge in [-0.2, -0.15) is 11.8 Å². The van der Waals surface area contributed by atoms with Crippen molar-refractivity contribution in [2.75, 3.05) is 12.0 Å². The molecule has 14 heteroatoms. The molecule has 0 bridgehead atoms. The fourth-order valence-corrected chi connectivity index (χ4v) is 3.13. The van der Waals surface area contributed by atoms with Crippen LogP contribution >= 0.6 is 11.8 Å². The number of rotatable bonds is 16. The Morgan fingerprint density at radius 2 is 1.39 bits per heavy atom. The Labute approximate surface area is 195 Å². The summed E-state index contributed by atoms with van der Waals surface area (Å²) in [6.07, 6.45) is 0.777. The van der Waals surface area contributed by atoms with Crippen molar-refractivity contribution in [3.63, 3.8) is 0 Å². The van der Waals surface area contributed by atoms with Crippen molar-refractivity contribution < 1.29 is 39.0 Å². The Kier molecular flexibility index (Phi) is 13.7. The van der Waals surface area contributed by atoms with E-state index in [2.05, 4.69) is 16.0 Å². The van der Waals surface area contributed by atoms with Crippen LogP contribution in [-0.2, 0) is 28.8 Å². The van der Waals surface area contributed by atoms with E-state index in [-0.39, 0.29) is 19.3 Å². The third-order valence-electron chi connectivity index (χ3n) is 4.52. The van der Waals surface area contributed by atoms with Crippen molar-refractivity contribution in [3.05, 3.63) is 0 Å². The van der Waals surface area contributed by atoms with Gasteiger partial charge in [0, 0.05) is 6.42 Å². The normalized spacial score (nSPS) is 14.5. The monoisotopic (exact) mass is 491 g/mol. The highest BCUT2D eigenvalue weighted by atomic mass is 32.2. The maximum atomic E-state index is 12.8. The van der Waals surface area contributed by atoms with E-state index in [0.717, 1.165) is 0 Å². The molecule has 0 aromatic heterocycles. The molecular formula is C19H33N5O8S. The summed E-state index contributed by atoms with van der Waals surface area (Å²) in [5.74, 6) is -5.73. The van der Waals surface area contributed by atoms with E-state index in [1.54, 1.807) is 20.1 Å². The van der Waals surface area contributed by atoms with E-state index < -0.39 is 72.1 Å². The maximum Gasteiger partial charge on any atom is 0.326 e. The standard InChI is InChI=1S/C19H33N5O8S/c1-9(2)15(19(31)32)24-18(30)12(6-7-33-3)23-17(29)11(4-5-13(21)25)22-16(28)10(20)8-14(26)27/h9-12,15H,4-8,20H2,1-3H3,(H2,21,25)(H,22,28)(H,23,29)(H,24,30)(H,26,27)(H,31,32). The number of carbonyl (C=O) groups is 6. The molecule has 4 unspecified atom stereocenters. The van der Waals surface area contributed by atoms with Gasteiger partial charge < -0.3 is 37.6 Å². The molecule has 0 fully saturated rings. The molecule has 0 aliphatic rings. The average molecular weight is 492 g/mol. The van der Waals surface area contributed by atoms with Crippen LogP contribution in [-0.4, -0.2) is 82.0 Å². The van der Waals surface area contributed by atoms with Crippen LogP contribution in [0, 0.1) is 5.92 Å². The van der Waals surface area contributed by atoms with E-state index in [4.69, 9.17) is 16.6 Å². The number of hydrogen-bond acceptors (Lipinski definition) is 8. The van der Waals surface area contributed by atoms with Crippen LogP contribution < -0.4 is 27.4 Å². The van der Waals surface area contributed by atoms with E-state index >= 15 is 0 Å². The number of nitrogens with two attached hydrogens (primary N) is 2. The zero-order chi connectivity index (χ0) is 25.7. The first-order valence-corrected chi connectivity index (χ1v) is 11.6. The molecule has 4 atom stereocenters. The quantitative estimate of drug-likeness (QED) is 0.125. The van der Waals surface area contributed by atoms with E-state index in [1.165, 1.54) is 11.8 Å². The smallest absolute Gasteiger partial charge is 0.326 e. The number of nitrogens with one attached hydrogen (secondary N) is 3. The van der Waals surface area contributed by atoms with E-state index in [1.807, 2.05) is 0 Å². The van der Waals surface area contributed by atoms with Crippen LogP contribution in [0.3, 0.4) is 0 Å². The Morgan fingerprint density at radius 1 is 0.879 bits per heavy atom. The summed E-state index contributed by atoms with van der Waals surface area (Å²) in [6, 6.07) is -5.06. The molecule has 0 aliphatic carbocycles. The molecule has 0 aliphatic heterocycles. The predicted molar refractivity (Wildman–Crippen MR) is 120 cm³/mol.